The number of hydrogen-bond donors (Lipinski definition) is 0. The molecule has 1 heterocycles. The van der Waals surface area contributed by atoms with Crippen molar-refractivity contribution in [2.75, 3.05) is 0 Å². The molecule has 0 fully saturated rings. The van der Waals surface area contributed by atoms with Gasteiger partial charge in [-0.3, -0.25) is 0 Å². The van der Waals surface area contributed by atoms with Gasteiger partial charge in [0.2, 0.25) is 0 Å². The minimum absolute atomic E-state index is 0.438. The second kappa shape index (κ2) is 5.81. The molecular weight excluding hydrogens is 290 g/mol. The third kappa shape index (κ3) is 2.65. The molecule has 0 bridgehead atoms. The number of alkyl halides is 1. The van der Waals surface area contributed by atoms with Crippen molar-refractivity contribution in [1.82, 2.24) is 4.98 Å². The Labute approximate surface area is 127 Å². The Hall–Kier alpha value is -1.58. The van der Waals surface area contributed by atoms with Crippen LogP contribution in [0.3, 0.4) is 0 Å². The zero-order valence-electron chi connectivity index (χ0n) is 11.1. The van der Waals surface area contributed by atoms with E-state index in [4.69, 9.17) is 16.3 Å². The van der Waals surface area contributed by atoms with Gasteiger partial charge in [0.25, 0.3) is 0 Å². The van der Waals surface area contributed by atoms with Crippen LogP contribution in [-0.2, 0) is 12.5 Å². The number of rotatable bonds is 4. The summed E-state index contributed by atoms with van der Waals surface area (Å²) in [5.74, 6) is 1.28. The highest BCUT2D eigenvalue weighted by molar-refractivity contribution is 7.09. The molecule has 0 aliphatic heterocycles. The van der Waals surface area contributed by atoms with E-state index in [1.54, 1.807) is 11.3 Å². The first-order valence-corrected chi connectivity index (χ1v) is 7.80. The zero-order chi connectivity index (χ0) is 13.9. The van der Waals surface area contributed by atoms with Gasteiger partial charge in [-0.1, -0.05) is 30.3 Å². The Morgan fingerprint density at radius 2 is 2.05 bits per heavy atom. The van der Waals surface area contributed by atoms with Crippen LogP contribution in [0.5, 0.6) is 5.75 Å². The van der Waals surface area contributed by atoms with Crippen LogP contribution >= 0.6 is 22.9 Å². The standard InChI is InChI=1S/C16H14ClNOS/c1-11-10-20-16(18-11)9-19-15-7-6-12-4-2-3-5-13(12)14(15)8-17/h2-7,10H,8-9H2,1H3. The summed E-state index contributed by atoms with van der Waals surface area (Å²) in [6, 6.07) is 12.3. The van der Waals surface area contributed by atoms with Gasteiger partial charge in [0.15, 0.2) is 0 Å². The fourth-order valence-electron chi connectivity index (χ4n) is 2.20. The first kappa shape index (κ1) is 13.4. The largest absolute Gasteiger partial charge is 0.486 e. The van der Waals surface area contributed by atoms with Gasteiger partial charge in [0, 0.05) is 16.6 Å². The average molecular weight is 304 g/mol. The first-order valence-electron chi connectivity index (χ1n) is 6.38. The second-order valence-corrected chi connectivity index (χ2v) is 5.78. The maximum absolute atomic E-state index is 6.10. The summed E-state index contributed by atoms with van der Waals surface area (Å²) in [4.78, 5) is 4.40. The van der Waals surface area contributed by atoms with Gasteiger partial charge in [-0.2, -0.15) is 0 Å². The van der Waals surface area contributed by atoms with E-state index in [1.165, 1.54) is 5.39 Å². The van der Waals surface area contributed by atoms with Crippen molar-refractivity contribution in [1.29, 1.82) is 0 Å². The first-order chi connectivity index (χ1) is 9.78. The normalized spacial score (nSPS) is 10.9. The maximum atomic E-state index is 6.10. The number of aryl methyl sites for hydroxylation is 1. The molecule has 0 saturated heterocycles. The molecule has 0 radical (unpaired) electrons. The van der Waals surface area contributed by atoms with E-state index in [0.29, 0.717) is 12.5 Å². The molecule has 4 heteroatoms. The van der Waals surface area contributed by atoms with Gasteiger partial charge in [0.05, 0.1) is 5.88 Å². The molecule has 102 valence electrons. The molecule has 0 unspecified atom stereocenters. The number of benzene rings is 2. The van der Waals surface area contributed by atoms with Crippen molar-refractivity contribution in [3.8, 4) is 5.75 Å². The van der Waals surface area contributed by atoms with Gasteiger partial charge >= 0.3 is 0 Å². The van der Waals surface area contributed by atoms with Crippen molar-refractivity contribution in [3.63, 3.8) is 0 Å². The van der Waals surface area contributed by atoms with Crippen LogP contribution in [0.2, 0.25) is 0 Å². The number of hydrogen-bond acceptors (Lipinski definition) is 3. The van der Waals surface area contributed by atoms with Crippen molar-refractivity contribution in [3.05, 3.63) is 58.0 Å². The van der Waals surface area contributed by atoms with Crippen LogP contribution in [0.4, 0.5) is 0 Å². The fraction of sp³-hybridized carbons (Fsp3) is 0.188. The van der Waals surface area contributed by atoms with E-state index in [1.807, 2.05) is 30.5 Å². The molecule has 0 N–H and O–H groups in total. The predicted molar refractivity (Wildman–Crippen MR) is 84.7 cm³/mol. The molecule has 0 saturated carbocycles. The Bertz CT molecular complexity index is 738. The predicted octanol–water partition coefficient (Wildman–Crippen LogP) is 4.92. The summed E-state index contributed by atoms with van der Waals surface area (Å²) < 4.78 is 5.90. The molecule has 2 nitrogen and oxygen atoms in total. The Morgan fingerprint density at radius 3 is 2.80 bits per heavy atom. The Kier molecular flexibility index (Phi) is 3.90. The zero-order valence-corrected chi connectivity index (χ0v) is 12.7. The van der Waals surface area contributed by atoms with Crippen LogP contribution in [0.25, 0.3) is 10.8 Å². The van der Waals surface area contributed by atoms with Gasteiger partial charge < -0.3 is 4.74 Å². The third-order valence-corrected chi connectivity index (χ3v) is 4.36. The topological polar surface area (TPSA) is 22.1 Å². The number of fused-ring (bicyclic) bond motifs is 1. The second-order valence-electron chi connectivity index (χ2n) is 4.57. The smallest absolute Gasteiger partial charge is 0.140 e. The average Bonchev–Trinajstić information content (AvgIpc) is 2.90. The summed E-state index contributed by atoms with van der Waals surface area (Å²) in [7, 11) is 0. The van der Waals surface area contributed by atoms with Crippen LogP contribution in [-0.4, -0.2) is 4.98 Å². The number of aromatic nitrogens is 1. The molecule has 0 atom stereocenters. The summed E-state index contributed by atoms with van der Waals surface area (Å²) >= 11 is 7.72. The molecule has 2 aromatic carbocycles. The lowest BCUT2D eigenvalue weighted by molar-refractivity contribution is 0.303. The lowest BCUT2D eigenvalue weighted by atomic mass is 10.0. The van der Waals surface area contributed by atoms with Gasteiger partial charge in [0.1, 0.15) is 17.4 Å². The van der Waals surface area contributed by atoms with Crippen LogP contribution < -0.4 is 4.74 Å². The number of thiazole rings is 1. The SMILES string of the molecule is Cc1csc(COc2ccc3ccccc3c2CCl)n1. The van der Waals surface area contributed by atoms with Crippen molar-refractivity contribution >= 4 is 33.7 Å². The molecule has 3 aromatic rings. The monoisotopic (exact) mass is 303 g/mol. The van der Waals surface area contributed by atoms with Gasteiger partial charge in [-0.05, 0) is 23.8 Å². The number of halogens is 1. The summed E-state index contributed by atoms with van der Waals surface area (Å²) in [5.41, 5.74) is 2.07. The van der Waals surface area contributed by atoms with Crippen LogP contribution in [0.15, 0.2) is 41.8 Å². The van der Waals surface area contributed by atoms with E-state index in [-0.39, 0.29) is 0 Å². The van der Waals surface area contributed by atoms with Crippen molar-refractivity contribution in [2.45, 2.75) is 19.4 Å². The number of nitrogens with zero attached hydrogens (tertiary/aromatic N) is 1. The van der Waals surface area contributed by atoms with Crippen LogP contribution in [0.1, 0.15) is 16.3 Å². The molecule has 0 amide bonds. The van der Waals surface area contributed by atoms with Crippen molar-refractivity contribution < 1.29 is 4.74 Å². The highest BCUT2D eigenvalue weighted by Crippen LogP contribution is 2.30. The Balaban J connectivity index is 1.91. The molecule has 0 spiro atoms. The minimum Gasteiger partial charge on any atom is -0.486 e. The molecule has 0 aliphatic rings. The van der Waals surface area contributed by atoms with Gasteiger partial charge in [-0.15, -0.1) is 22.9 Å². The molecule has 3 rings (SSSR count). The van der Waals surface area contributed by atoms with E-state index < -0.39 is 0 Å². The quantitative estimate of drug-likeness (QED) is 0.638. The highest BCUT2D eigenvalue weighted by Gasteiger charge is 2.09. The summed E-state index contributed by atoms with van der Waals surface area (Å²) in [6.07, 6.45) is 0. The highest BCUT2D eigenvalue weighted by atomic mass is 35.5. The lowest BCUT2D eigenvalue weighted by Gasteiger charge is -2.11. The molecular formula is C16H14ClNOS. The van der Waals surface area contributed by atoms with E-state index in [9.17, 15) is 0 Å². The third-order valence-electron chi connectivity index (χ3n) is 3.15. The van der Waals surface area contributed by atoms with Gasteiger partial charge in [-0.25, -0.2) is 4.98 Å². The maximum Gasteiger partial charge on any atom is 0.140 e. The lowest BCUT2D eigenvalue weighted by Crippen LogP contribution is -1.98. The summed E-state index contributed by atoms with van der Waals surface area (Å²) in [6.45, 7) is 2.47. The van der Waals surface area contributed by atoms with E-state index in [2.05, 4.69) is 23.2 Å². The van der Waals surface area contributed by atoms with Crippen LogP contribution in [0, 0.1) is 6.92 Å². The molecule has 20 heavy (non-hydrogen) atoms. The summed E-state index contributed by atoms with van der Waals surface area (Å²) in [5, 5.41) is 5.34. The van der Waals surface area contributed by atoms with Crippen molar-refractivity contribution in [2.24, 2.45) is 0 Å². The fourth-order valence-corrected chi connectivity index (χ4v) is 3.16. The molecule has 0 aliphatic carbocycles. The van der Waals surface area contributed by atoms with E-state index in [0.717, 1.165) is 27.4 Å². The Morgan fingerprint density at radius 1 is 1.20 bits per heavy atom. The minimum atomic E-state index is 0.438. The molecule has 1 aromatic heterocycles. The number of ether oxygens (including phenoxy) is 1. The van der Waals surface area contributed by atoms with E-state index >= 15 is 0 Å².